The number of amides is 2. The minimum absolute atomic E-state index is 0.0384. The van der Waals surface area contributed by atoms with Gasteiger partial charge in [0.25, 0.3) is 0 Å². The molecular weight excluding hydrogens is 228 g/mol. The van der Waals surface area contributed by atoms with Gasteiger partial charge in [-0.3, -0.25) is 9.59 Å². The van der Waals surface area contributed by atoms with E-state index >= 15 is 0 Å². The number of carbonyl (C=O) groups is 2. The van der Waals surface area contributed by atoms with Gasteiger partial charge in [-0.2, -0.15) is 0 Å². The number of unbranched alkanes of at least 4 members (excludes halogenated alkanes) is 1. The number of carbonyl (C=O) groups excluding carboxylic acids is 2. The average Bonchev–Trinajstić information content (AvgIpc) is 2.33. The van der Waals surface area contributed by atoms with Crippen LogP contribution in [0.2, 0.25) is 0 Å². The molecule has 2 amide bonds. The van der Waals surface area contributed by atoms with Crippen LogP contribution in [0.25, 0.3) is 0 Å². The van der Waals surface area contributed by atoms with Gasteiger partial charge in [-0.15, -0.1) is 0 Å². The third-order valence-corrected chi connectivity index (χ3v) is 4.00. The summed E-state index contributed by atoms with van der Waals surface area (Å²) in [5.74, 6) is 0.215. The van der Waals surface area contributed by atoms with Gasteiger partial charge in [-0.25, -0.2) is 0 Å². The van der Waals surface area contributed by atoms with Crippen LogP contribution in [0.4, 0.5) is 0 Å². The van der Waals surface area contributed by atoms with Gasteiger partial charge in [0.1, 0.15) is 11.6 Å². The molecule has 4 nitrogen and oxygen atoms in total. The molecule has 2 atom stereocenters. The van der Waals surface area contributed by atoms with Crippen LogP contribution in [0, 0.1) is 5.92 Å². The molecule has 1 rings (SSSR count). The predicted molar refractivity (Wildman–Crippen MR) is 72.1 cm³/mol. The molecule has 4 heteroatoms. The van der Waals surface area contributed by atoms with Crippen LogP contribution in [0.1, 0.15) is 53.9 Å². The van der Waals surface area contributed by atoms with Crippen LogP contribution >= 0.6 is 0 Å². The van der Waals surface area contributed by atoms with Crippen LogP contribution in [0.15, 0.2) is 0 Å². The molecule has 18 heavy (non-hydrogen) atoms. The summed E-state index contributed by atoms with van der Waals surface area (Å²) in [7, 11) is 0. The molecule has 1 heterocycles. The minimum atomic E-state index is -0.726. The molecule has 0 aromatic carbocycles. The maximum atomic E-state index is 12.5. The topological polar surface area (TPSA) is 49.4 Å². The van der Waals surface area contributed by atoms with E-state index in [2.05, 4.69) is 12.2 Å². The Hall–Kier alpha value is -1.06. The van der Waals surface area contributed by atoms with Crippen molar-refractivity contribution >= 4 is 11.8 Å². The van der Waals surface area contributed by atoms with E-state index in [1.54, 1.807) is 4.90 Å². The van der Waals surface area contributed by atoms with Gasteiger partial charge in [0, 0.05) is 6.54 Å². The highest BCUT2D eigenvalue weighted by atomic mass is 16.2. The molecule has 1 fully saturated rings. The van der Waals surface area contributed by atoms with E-state index in [0.717, 1.165) is 19.3 Å². The third-order valence-electron chi connectivity index (χ3n) is 4.00. The predicted octanol–water partition coefficient (Wildman–Crippen LogP) is 1.94. The summed E-state index contributed by atoms with van der Waals surface area (Å²) >= 11 is 0. The highest BCUT2D eigenvalue weighted by molar-refractivity contribution is 5.99. The monoisotopic (exact) mass is 254 g/mol. The number of nitrogens with zero attached hydrogens (tertiary/aromatic N) is 1. The van der Waals surface area contributed by atoms with Crippen LogP contribution in [-0.2, 0) is 9.59 Å². The lowest BCUT2D eigenvalue weighted by atomic mass is 9.89. The summed E-state index contributed by atoms with van der Waals surface area (Å²) in [6.07, 6.45) is 2.85. The molecule has 1 aliphatic heterocycles. The normalized spacial score (nSPS) is 24.9. The van der Waals surface area contributed by atoms with E-state index in [1.807, 2.05) is 27.7 Å². The zero-order valence-corrected chi connectivity index (χ0v) is 12.2. The largest absolute Gasteiger partial charge is 0.342 e. The summed E-state index contributed by atoms with van der Waals surface area (Å²) in [5, 5.41) is 2.88. The summed E-state index contributed by atoms with van der Waals surface area (Å²) < 4.78 is 0. The van der Waals surface area contributed by atoms with Gasteiger partial charge in [-0.1, -0.05) is 33.6 Å². The number of hydrogen-bond acceptors (Lipinski definition) is 2. The van der Waals surface area contributed by atoms with E-state index in [9.17, 15) is 9.59 Å². The lowest BCUT2D eigenvalue weighted by Crippen LogP contribution is -2.69. The van der Waals surface area contributed by atoms with Gasteiger partial charge < -0.3 is 10.2 Å². The van der Waals surface area contributed by atoms with Crippen LogP contribution in [0.5, 0.6) is 0 Å². The van der Waals surface area contributed by atoms with Crippen LogP contribution in [0.3, 0.4) is 0 Å². The molecule has 0 saturated carbocycles. The van der Waals surface area contributed by atoms with Crippen molar-refractivity contribution in [3.8, 4) is 0 Å². The fraction of sp³-hybridized carbons (Fsp3) is 0.857. The number of rotatable bonds is 5. The maximum Gasteiger partial charge on any atom is 0.246 e. The summed E-state index contributed by atoms with van der Waals surface area (Å²) in [6, 6.07) is -0.354. The molecule has 0 aliphatic carbocycles. The zero-order chi connectivity index (χ0) is 13.9. The highest BCUT2D eigenvalue weighted by Crippen LogP contribution is 2.25. The Morgan fingerprint density at radius 1 is 1.33 bits per heavy atom. The molecule has 0 radical (unpaired) electrons. The van der Waals surface area contributed by atoms with E-state index in [4.69, 9.17) is 0 Å². The second kappa shape index (κ2) is 5.72. The van der Waals surface area contributed by atoms with E-state index in [0.29, 0.717) is 6.54 Å². The number of hydrogen-bond donors (Lipinski definition) is 1. The van der Waals surface area contributed by atoms with Crippen molar-refractivity contribution in [3.63, 3.8) is 0 Å². The van der Waals surface area contributed by atoms with Crippen LogP contribution in [-0.4, -0.2) is 34.8 Å². The van der Waals surface area contributed by atoms with Gasteiger partial charge in [0.15, 0.2) is 0 Å². The van der Waals surface area contributed by atoms with Gasteiger partial charge >= 0.3 is 0 Å². The Morgan fingerprint density at radius 2 is 1.94 bits per heavy atom. The summed E-state index contributed by atoms with van der Waals surface area (Å²) in [4.78, 5) is 26.4. The highest BCUT2D eigenvalue weighted by Gasteiger charge is 2.46. The quantitative estimate of drug-likeness (QED) is 0.815. The van der Waals surface area contributed by atoms with Crippen molar-refractivity contribution in [2.24, 2.45) is 5.92 Å². The third kappa shape index (κ3) is 2.68. The first-order chi connectivity index (χ1) is 8.36. The minimum Gasteiger partial charge on any atom is -0.342 e. The maximum absolute atomic E-state index is 12.5. The first-order valence-corrected chi connectivity index (χ1v) is 6.98. The molecule has 0 aromatic rings. The molecule has 1 saturated heterocycles. The molecule has 2 unspecified atom stereocenters. The van der Waals surface area contributed by atoms with Crippen molar-refractivity contribution in [2.45, 2.75) is 65.5 Å². The van der Waals surface area contributed by atoms with Crippen molar-refractivity contribution in [1.29, 1.82) is 0 Å². The Balaban J connectivity index is 2.94. The van der Waals surface area contributed by atoms with Crippen molar-refractivity contribution in [2.75, 3.05) is 6.54 Å². The Labute approximate surface area is 110 Å². The van der Waals surface area contributed by atoms with Gasteiger partial charge in [0.05, 0.1) is 0 Å². The van der Waals surface area contributed by atoms with E-state index < -0.39 is 5.54 Å². The average molecular weight is 254 g/mol. The standard InChI is InChI=1S/C14H26N2O2/c1-6-8-9-16-12(17)11(10(3)7-2)15-13(18)14(16,4)5/h10-11H,6-9H2,1-5H3,(H,15,18). The first kappa shape index (κ1) is 15.0. The second-order valence-corrected chi connectivity index (χ2v) is 5.74. The molecule has 1 aliphatic rings. The number of piperazine rings is 1. The van der Waals surface area contributed by atoms with E-state index in [1.165, 1.54) is 0 Å². The summed E-state index contributed by atoms with van der Waals surface area (Å²) in [6.45, 7) is 10.5. The van der Waals surface area contributed by atoms with Gasteiger partial charge in [0.2, 0.25) is 11.8 Å². The van der Waals surface area contributed by atoms with E-state index in [-0.39, 0.29) is 23.8 Å². The van der Waals surface area contributed by atoms with Crippen molar-refractivity contribution in [3.05, 3.63) is 0 Å². The second-order valence-electron chi connectivity index (χ2n) is 5.74. The van der Waals surface area contributed by atoms with Crippen molar-refractivity contribution < 1.29 is 9.59 Å². The number of nitrogens with one attached hydrogen (secondary N) is 1. The van der Waals surface area contributed by atoms with Crippen LogP contribution < -0.4 is 5.32 Å². The fourth-order valence-electron chi connectivity index (χ4n) is 2.27. The summed E-state index contributed by atoms with van der Waals surface area (Å²) in [5.41, 5.74) is -0.726. The molecule has 0 spiro atoms. The molecule has 0 bridgehead atoms. The Bertz CT molecular complexity index is 326. The first-order valence-electron chi connectivity index (χ1n) is 6.98. The SMILES string of the molecule is CCCCN1C(=O)C(C(C)CC)NC(=O)C1(C)C. The molecule has 0 aromatic heterocycles. The molecule has 104 valence electrons. The smallest absolute Gasteiger partial charge is 0.246 e. The Morgan fingerprint density at radius 3 is 2.44 bits per heavy atom. The lowest BCUT2D eigenvalue weighted by Gasteiger charge is -2.45. The lowest BCUT2D eigenvalue weighted by molar-refractivity contribution is -0.156. The fourth-order valence-corrected chi connectivity index (χ4v) is 2.27. The molecular formula is C14H26N2O2. The zero-order valence-electron chi connectivity index (χ0n) is 12.2. The molecule has 1 N–H and O–H groups in total. The van der Waals surface area contributed by atoms with Crippen molar-refractivity contribution in [1.82, 2.24) is 10.2 Å². The Kier molecular flexibility index (Phi) is 4.77. The van der Waals surface area contributed by atoms with Gasteiger partial charge in [-0.05, 0) is 26.2 Å².